The lowest BCUT2D eigenvalue weighted by atomic mass is 10.2. The SMILES string of the molecule is CNCc1cc(S(=O)(=O)NCC2CCCO2)cn1C1CC1. The second kappa shape index (κ2) is 6.08. The van der Waals surface area contributed by atoms with Gasteiger partial charge in [-0.15, -0.1) is 0 Å². The van der Waals surface area contributed by atoms with E-state index in [0.717, 1.165) is 38.0 Å². The van der Waals surface area contributed by atoms with E-state index in [1.54, 1.807) is 12.3 Å². The van der Waals surface area contributed by atoms with E-state index in [0.29, 0.717) is 24.0 Å². The summed E-state index contributed by atoms with van der Waals surface area (Å²) in [7, 11) is -1.58. The number of nitrogens with one attached hydrogen (secondary N) is 2. The zero-order valence-electron chi connectivity index (χ0n) is 12.3. The lowest BCUT2D eigenvalue weighted by Gasteiger charge is -2.10. The summed E-state index contributed by atoms with van der Waals surface area (Å²) in [5.74, 6) is 0. The Morgan fingerprint density at radius 1 is 1.38 bits per heavy atom. The molecule has 0 radical (unpaired) electrons. The van der Waals surface area contributed by atoms with Gasteiger partial charge in [0.2, 0.25) is 10.0 Å². The molecular formula is C14H23N3O3S. The van der Waals surface area contributed by atoms with E-state index in [-0.39, 0.29) is 6.10 Å². The number of rotatable bonds is 7. The van der Waals surface area contributed by atoms with Crippen LogP contribution in [-0.4, -0.2) is 39.3 Å². The summed E-state index contributed by atoms with van der Waals surface area (Å²) in [6.07, 6.45) is 5.99. The molecule has 6 nitrogen and oxygen atoms in total. The monoisotopic (exact) mass is 313 g/mol. The van der Waals surface area contributed by atoms with Gasteiger partial charge in [-0.2, -0.15) is 0 Å². The maximum atomic E-state index is 12.4. The van der Waals surface area contributed by atoms with Crippen LogP contribution < -0.4 is 10.0 Å². The van der Waals surface area contributed by atoms with Crippen molar-refractivity contribution in [3.63, 3.8) is 0 Å². The Labute approximate surface area is 125 Å². The summed E-state index contributed by atoms with van der Waals surface area (Å²) in [6, 6.07) is 2.24. The topological polar surface area (TPSA) is 72.4 Å². The van der Waals surface area contributed by atoms with Crippen molar-refractivity contribution in [2.45, 2.75) is 49.3 Å². The molecule has 21 heavy (non-hydrogen) atoms. The third-order valence-corrected chi connectivity index (χ3v) is 5.43. The van der Waals surface area contributed by atoms with Gasteiger partial charge >= 0.3 is 0 Å². The van der Waals surface area contributed by atoms with Gasteiger partial charge in [0.15, 0.2) is 0 Å². The molecule has 2 fully saturated rings. The van der Waals surface area contributed by atoms with Crippen LogP contribution in [-0.2, 0) is 21.3 Å². The van der Waals surface area contributed by atoms with Crippen molar-refractivity contribution >= 4 is 10.0 Å². The first-order chi connectivity index (χ1) is 10.1. The molecule has 0 aromatic carbocycles. The summed E-state index contributed by atoms with van der Waals surface area (Å²) in [6.45, 7) is 1.77. The Hall–Kier alpha value is -0.890. The minimum Gasteiger partial charge on any atom is -0.377 e. The maximum Gasteiger partial charge on any atom is 0.242 e. The molecule has 0 amide bonds. The van der Waals surface area contributed by atoms with Crippen LogP contribution in [0.4, 0.5) is 0 Å². The minimum atomic E-state index is -3.45. The highest BCUT2D eigenvalue weighted by Gasteiger charge is 2.28. The number of sulfonamides is 1. The Morgan fingerprint density at radius 2 is 2.19 bits per heavy atom. The molecule has 2 heterocycles. The normalized spacial score (nSPS) is 22.8. The Bertz CT molecular complexity index is 587. The van der Waals surface area contributed by atoms with Crippen LogP contribution in [0.25, 0.3) is 0 Å². The molecule has 0 spiro atoms. The van der Waals surface area contributed by atoms with Crippen molar-refractivity contribution in [3.05, 3.63) is 18.0 Å². The van der Waals surface area contributed by atoms with Gasteiger partial charge in [-0.25, -0.2) is 13.1 Å². The average molecular weight is 313 g/mol. The van der Waals surface area contributed by atoms with Crippen LogP contribution in [0.3, 0.4) is 0 Å². The highest BCUT2D eigenvalue weighted by Crippen LogP contribution is 2.37. The summed E-state index contributed by atoms with van der Waals surface area (Å²) >= 11 is 0. The third kappa shape index (κ3) is 3.48. The van der Waals surface area contributed by atoms with Crippen molar-refractivity contribution in [2.75, 3.05) is 20.2 Å². The van der Waals surface area contributed by atoms with Crippen LogP contribution in [0.1, 0.15) is 37.4 Å². The molecule has 1 unspecified atom stereocenters. The molecule has 1 saturated heterocycles. The molecule has 118 valence electrons. The van der Waals surface area contributed by atoms with Gasteiger partial charge in [0.25, 0.3) is 0 Å². The fourth-order valence-corrected chi connectivity index (χ4v) is 3.87. The zero-order valence-corrected chi connectivity index (χ0v) is 13.2. The zero-order chi connectivity index (χ0) is 14.9. The molecule has 1 atom stereocenters. The van der Waals surface area contributed by atoms with Gasteiger partial charge in [0.1, 0.15) is 0 Å². The third-order valence-electron chi connectivity index (χ3n) is 4.04. The van der Waals surface area contributed by atoms with Crippen molar-refractivity contribution in [2.24, 2.45) is 0 Å². The van der Waals surface area contributed by atoms with E-state index < -0.39 is 10.0 Å². The van der Waals surface area contributed by atoms with E-state index in [9.17, 15) is 8.42 Å². The van der Waals surface area contributed by atoms with Gasteiger partial charge in [0, 0.05) is 37.6 Å². The fourth-order valence-electron chi connectivity index (χ4n) is 2.75. The van der Waals surface area contributed by atoms with Crippen LogP contribution in [0.5, 0.6) is 0 Å². The molecule has 2 N–H and O–H groups in total. The summed E-state index contributed by atoms with van der Waals surface area (Å²) in [5, 5.41) is 3.09. The van der Waals surface area contributed by atoms with E-state index in [1.807, 2.05) is 7.05 Å². The molecule has 0 bridgehead atoms. The molecule has 7 heteroatoms. The van der Waals surface area contributed by atoms with E-state index in [4.69, 9.17) is 4.74 Å². The van der Waals surface area contributed by atoms with Crippen molar-refractivity contribution in [1.82, 2.24) is 14.6 Å². The maximum absolute atomic E-state index is 12.4. The molecular weight excluding hydrogens is 290 g/mol. The number of ether oxygens (including phenoxy) is 1. The van der Waals surface area contributed by atoms with Gasteiger partial charge in [-0.1, -0.05) is 0 Å². The average Bonchev–Trinajstić information content (AvgIpc) is 3.00. The van der Waals surface area contributed by atoms with E-state index in [2.05, 4.69) is 14.6 Å². The number of hydrogen-bond acceptors (Lipinski definition) is 4. The molecule has 1 aromatic rings. The van der Waals surface area contributed by atoms with Crippen LogP contribution in [0.15, 0.2) is 17.2 Å². The predicted octanol–water partition coefficient (Wildman–Crippen LogP) is 1.000. The van der Waals surface area contributed by atoms with Gasteiger partial charge in [0.05, 0.1) is 11.0 Å². The predicted molar refractivity (Wildman–Crippen MR) is 79.6 cm³/mol. The first-order valence-electron chi connectivity index (χ1n) is 7.57. The van der Waals surface area contributed by atoms with Crippen LogP contribution >= 0.6 is 0 Å². The fraction of sp³-hybridized carbons (Fsp3) is 0.714. The Kier molecular flexibility index (Phi) is 4.35. The number of nitrogens with zero attached hydrogens (tertiary/aromatic N) is 1. The van der Waals surface area contributed by atoms with E-state index >= 15 is 0 Å². The minimum absolute atomic E-state index is 0.0158. The molecule has 1 aliphatic carbocycles. The van der Waals surface area contributed by atoms with Crippen LogP contribution in [0.2, 0.25) is 0 Å². The van der Waals surface area contributed by atoms with E-state index in [1.165, 1.54) is 0 Å². The van der Waals surface area contributed by atoms with Crippen molar-refractivity contribution in [3.8, 4) is 0 Å². The van der Waals surface area contributed by atoms with Crippen molar-refractivity contribution in [1.29, 1.82) is 0 Å². The quantitative estimate of drug-likeness (QED) is 0.788. The standard InChI is InChI=1S/C14H23N3O3S/c1-15-8-12-7-14(10-17(12)11-4-5-11)21(18,19)16-9-13-3-2-6-20-13/h7,10-11,13,15-16H,2-6,8-9H2,1H3. The van der Waals surface area contributed by atoms with Crippen molar-refractivity contribution < 1.29 is 13.2 Å². The Morgan fingerprint density at radius 3 is 2.81 bits per heavy atom. The molecule has 1 aliphatic heterocycles. The molecule has 1 saturated carbocycles. The Balaban J connectivity index is 1.73. The van der Waals surface area contributed by atoms with Gasteiger partial charge < -0.3 is 14.6 Å². The van der Waals surface area contributed by atoms with Gasteiger partial charge in [-0.3, -0.25) is 0 Å². The second-order valence-electron chi connectivity index (χ2n) is 5.82. The molecule has 3 rings (SSSR count). The second-order valence-corrected chi connectivity index (χ2v) is 7.59. The van der Waals surface area contributed by atoms with Crippen LogP contribution in [0, 0.1) is 0 Å². The highest BCUT2D eigenvalue weighted by molar-refractivity contribution is 7.89. The lowest BCUT2D eigenvalue weighted by Crippen LogP contribution is -2.31. The highest BCUT2D eigenvalue weighted by atomic mass is 32.2. The number of aromatic nitrogens is 1. The lowest BCUT2D eigenvalue weighted by molar-refractivity contribution is 0.114. The molecule has 1 aromatic heterocycles. The van der Waals surface area contributed by atoms with Gasteiger partial charge in [-0.05, 0) is 38.8 Å². The number of hydrogen-bond donors (Lipinski definition) is 2. The summed E-state index contributed by atoms with van der Waals surface area (Å²) in [5.41, 5.74) is 1.03. The molecule has 2 aliphatic rings. The largest absolute Gasteiger partial charge is 0.377 e. The summed E-state index contributed by atoms with van der Waals surface area (Å²) in [4.78, 5) is 0.359. The smallest absolute Gasteiger partial charge is 0.242 e. The first-order valence-corrected chi connectivity index (χ1v) is 9.05. The summed E-state index contributed by atoms with van der Waals surface area (Å²) < 4.78 is 35.0. The first kappa shape index (κ1) is 15.0.